The van der Waals surface area contributed by atoms with Crippen LogP contribution in [-0.2, 0) is 21.4 Å². The number of fused-ring (bicyclic) bond motifs is 1. The maximum atomic E-state index is 12.8. The van der Waals surface area contributed by atoms with Crippen LogP contribution in [0.15, 0.2) is 76.9 Å². The zero-order valence-corrected chi connectivity index (χ0v) is 19.2. The number of halogens is 2. The summed E-state index contributed by atoms with van der Waals surface area (Å²) in [6.45, 7) is -0.459. The molecular weight excluding hydrogens is 504 g/mol. The first-order valence-corrected chi connectivity index (χ1v) is 11.9. The number of hydrogen-bond acceptors (Lipinski definition) is 4. The molecule has 6 nitrogen and oxygen atoms in total. The number of carbonyl (C=O) groups excluding carboxylic acids is 2. The molecule has 0 radical (unpaired) electrons. The molecule has 1 aliphatic heterocycles. The summed E-state index contributed by atoms with van der Waals surface area (Å²) < 4.78 is 28.5. The molecule has 0 spiro atoms. The van der Waals surface area contributed by atoms with Crippen molar-refractivity contribution in [3.8, 4) is 0 Å². The quantitative estimate of drug-likeness (QED) is 0.512. The summed E-state index contributed by atoms with van der Waals surface area (Å²) in [6.07, 6.45) is 0.141. The third-order valence-corrected chi connectivity index (χ3v) is 7.40. The minimum absolute atomic E-state index is 0.0687. The Morgan fingerprint density at radius 3 is 2.42 bits per heavy atom. The van der Waals surface area contributed by atoms with Crippen LogP contribution in [0, 0.1) is 0 Å². The van der Waals surface area contributed by atoms with E-state index < -0.39 is 28.4 Å². The minimum atomic E-state index is -4.24. The van der Waals surface area contributed by atoms with Crippen LogP contribution in [-0.4, -0.2) is 31.0 Å². The van der Waals surface area contributed by atoms with Crippen molar-refractivity contribution in [2.24, 2.45) is 0 Å². The Kier molecular flexibility index (Phi) is 5.88. The average Bonchev–Trinajstić information content (AvgIpc) is 2.74. The van der Waals surface area contributed by atoms with E-state index in [0.717, 1.165) is 20.6 Å². The Bertz CT molecular complexity index is 1330. The molecule has 9 heteroatoms. The first-order valence-electron chi connectivity index (χ1n) is 9.25. The lowest BCUT2D eigenvalue weighted by molar-refractivity contribution is -0.115. The van der Waals surface area contributed by atoms with E-state index in [4.69, 9.17) is 11.6 Å². The molecule has 1 aliphatic rings. The van der Waals surface area contributed by atoms with Gasteiger partial charge in [0.15, 0.2) is 5.78 Å². The molecule has 0 unspecified atom stereocenters. The molecule has 1 N–H and O–H groups in total. The van der Waals surface area contributed by atoms with Crippen LogP contribution < -0.4 is 4.72 Å². The number of nitrogens with zero attached hydrogens (tertiary/aromatic N) is 1. The summed E-state index contributed by atoms with van der Waals surface area (Å²) in [5.74, 6) is -1.20. The van der Waals surface area contributed by atoms with Crippen molar-refractivity contribution in [2.75, 3.05) is 6.54 Å². The number of hydrogen-bond donors (Lipinski definition) is 1. The second-order valence-corrected chi connectivity index (χ2v) is 9.77. The maximum Gasteiger partial charge on any atom is 0.326 e. The van der Waals surface area contributed by atoms with Gasteiger partial charge in [0, 0.05) is 17.0 Å². The molecule has 0 fully saturated rings. The number of Topliss-reactive ketones (excluding diaryl/α,β-unsaturated/α-hetero) is 1. The minimum Gasteiger partial charge on any atom is -0.292 e. The lowest BCUT2D eigenvalue weighted by atomic mass is 10.0. The van der Waals surface area contributed by atoms with Crippen LogP contribution in [0.4, 0.5) is 0 Å². The van der Waals surface area contributed by atoms with Crippen LogP contribution in [0.2, 0.25) is 5.02 Å². The Balaban J connectivity index is 1.75. The van der Waals surface area contributed by atoms with Gasteiger partial charge in [-0.15, -0.1) is 0 Å². The zero-order valence-electron chi connectivity index (χ0n) is 16.0. The molecule has 3 aromatic carbocycles. The van der Waals surface area contributed by atoms with E-state index in [0.29, 0.717) is 10.6 Å². The Labute approximate surface area is 192 Å². The number of ketones is 1. The highest BCUT2D eigenvalue weighted by Crippen LogP contribution is 2.30. The number of nitrogens with one attached hydrogen (secondary N) is 1. The third-order valence-electron chi connectivity index (χ3n) is 4.96. The van der Waals surface area contributed by atoms with E-state index in [2.05, 4.69) is 15.9 Å². The summed E-state index contributed by atoms with van der Waals surface area (Å²) in [5.41, 5.74) is 1.35. The Morgan fingerprint density at radius 1 is 1.00 bits per heavy atom. The lowest BCUT2D eigenvalue weighted by Gasteiger charge is -2.31. The maximum absolute atomic E-state index is 12.8. The van der Waals surface area contributed by atoms with Crippen molar-refractivity contribution >= 4 is 60.2 Å². The van der Waals surface area contributed by atoms with Gasteiger partial charge in [0.25, 0.3) is 5.91 Å². The average molecular weight is 520 g/mol. The summed E-state index contributed by atoms with van der Waals surface area (Å²) in [6, 6.07) is 19.6. The third kappa shape index (κ3) is 4.37. The van der Waals surface area contributed by atoms with Gasteiger partial charge in [0.2, 0.25) is 0 Å². The van der Waals surface area contributed by atoms with Crippen molar-refractivity contribution in [3.05, 3.63) is 93.1 Å². The van der Waals surface area contributed by atoms with Crippen molar-refractivity contribution < 1.29 is 18.0 Å². The van der Waals surface area contributed by atoms with E-state index in [1.807, 2.05) is 47.2 Å². The summed E-state index contributed by atoms with van der Waals surface area (Å²) >= 11 is 9.09. The highest BCUT2D eigenvalue weighted by molar-refractivity contribution is 9.12. The molecule has 1 heterocycles. The normalized spacial score (nSPS) is 15.8. The van der Waals surface area contributed by atoms with Gasteiger partial charge in [-0.25, -0.2) is 9.03 Å². The van der Waals surface area contributed by atoms with Gasteiger partial charge in [-0.1, -0.05) is 54.1 Å². The smallest absolute Gasteiger partial charge is 0.292 e. The lowest BCUT2D eigenvalue weighted by Crippen LogP contribution is -2.50. The van der Waals surface area contributed by atoms with Gasteiger partial charge in [-0.05, 0) is 56.5 Å². The standard InChI is InChI=1S/C22H16BrClN2O4S/c23-21-19(12-16-6-3-5-14-4-1-2-7-18(14)16)26(31(29,30)25-22(21)28)13-20(27)15-8-10-17(24)11-9-15/h1-11H,12-13H2,(H,25,28). The summed E-state index contributed by atoms with van der Waals surface area (Å²) in [7, 11) is -4.24. The first kappa shape index (κ1) is 21.5. The Hall–Kier alpha value is -2.68. The number of allylic oxidation sites excluding steroid dienone is 1. The Morgan fingerprint density at radius 2 is 1.68 bits per heavy atom. The van der Waals surface area contributed by atoms with E-state index in [9.17, 15) is 18.0 Å². The fourth-order valence-corrected chi connectivity index (χ4v) is 5.44. The highest BCUT2D eigenvalue weighted by Gasteiger charge is 2.37. The predicted octanol–water partition coefficient (Wildman–Crippen LogP) is 4.20. The van der Waals surface area contributed by atoms with Gasteiger partial charge in [0.1, 0.15) is 4.48 Å². The van der Waals surface area contributed by atoms with Gasteiger partial charge in [-0.2, -0.15) is 8.42 Å². The molecule has 0 saturated heterocycles. The van der Waals surface area contributed by atoms with Crippen LogP contribution in [0.1, 0.15) is 15.9 Å². The van der Waals surface area contributed by atoms with E-state index >= 15 is 0 Å². The van der Waals surface area contributed by atoms with Crippen molar-refractivity contribution in [3.63, 3.8) is 0 Å². The SMILES string of the molecule is O=C1NS(=O)(=O)N(CC(=O)c2ccc(Cl)cc2)C(Cc2cccc3ccccc23)=C1Br. The molecule has 158 valence electrons. The largest absolute Gasteiger partial charge is 0.326 e. The summed E-state index contributed by atoms with van der Waals surface area (Å²) in [4.78, 5) is 25.1. The van der Waals surface area contributed by atoms with Crippen LogP contribution in [0.3, 0.4) is 0 Å². The molecule has 31 heavy (non-hydrogen) atoms. The van der Waals surface area contributed by atoms with Gasteiger partial charge >= 0.3 is 10.2 Å². The van der Waals surface area contributed by atoms with Crippen LogP contribution >= 0.6 is 27.5 Å². The molecule has 0 aromatic heterocycles. The molecule has 0 atom stereocenters. The molecule has 0 saturated carbocycles. The van der Waals surface area contributed by atoms with Crippen molar-refractivity contribution in [2.45, 2.75) is 6.42 Å². The molecule has 3 aromatic rings. The first-order chi connectivity index (χ1) is 14.8. The van der Waals surface area contributed by atoms with Gasteiger partial charge < -0.3 is 0 Å². The second kappa shape index (κ2) is 8.45. The van der Waals surface area contributed by atoms with Gasteiger partial charge in [0.05, 0.1) is 12.2 Å². The van der Waals surface area contributed by atoms with Crippen LogP contribution in [0.25, 0.3) is 10.8 Å². The van der Waals surface area contributed by atoms with Crippen LogP contribution in [0.5, 0.6) is 0 Å². The predicted molar refractivity (Wildman–Crippen MR) is 123 cm³/mol. The zero-order chi connectivity index (χ0) is 22.2. The fraction of sp³-hybridized carbons (Fsp3) is 0.0909. The highest BCUT2D eigenvalue weighted by atomic mass is 79.9. The molecule has 0 bridgehead atoms. The molecule has 1 amide bonds. The molecule has 4 rings (SSSR count). The van der Waals surface area contributed by atoms with Crippen molar-refractivity contribution in [1.82, 2.24) is 9.03 Å². The summed E-state index contributed by atoms with van der Waals surface area (Å²) in [5, 5.41) is 2.39. The number of benzene rings is 3. The van der Waals surface area contributed by atoms with E-state index in [1.165, 1.54) is 12.1 Å². The fourth-order valence-electron chi connectivity index (χ4n) is 3.43. The van der Waals surface area contributed by atoms with Crippen molar-refractivity contribution in [1.29, 1.82) is 0 Å². The number of amides is 1. The molecular formula is C22H16BrClN2O4S. The van der Waals surface area contributed by atoms with Gasteiger partial charge in [-0.3, -0.25) is 9.59 Å². The number of carbonyl (C=O) groups is 2. The molecule has 0 aliphatic carbocycles. The van der Waals surface area contributed by atoms with E-state index in [1.54, 1.807) is 12.1 Å². The van der Waals surface area contributed by atoms with E-state index in [-0.39, 0.29) is 16.6 Å². The second-order valence-electron chi connectivity index (χ2n) is 6.95. The topological polar surface area (TPSA) is 83.6 Å². The monoisotopic (exact) mass is 518 g/mol. The number of rotatable bonds is 5.